The number of amides is 2. The smallest absolute Gasteiger partial charge is 0.269 e. The van der Waals surface area contributed by atoms with Gasteiger partial charge in [0, 0.05) is 30.8 Å². The molecule has 2 aromatic carbocycles. The highest BCUT2D eigenvalue weighted by atomic mass is 19.1. The van der Waals surface area contributed by atoms with Gasteiger partial charge in [-0.3, -0.25) is 19.7 Å². The Hall–Kier alpha value is -3.49. The van der Waals surface area contributed by atoms with Gasteiger partial charge in [-0.15, -0.1) is 0 Å². The molecule has 0 atom stereocenters. The summed E-state index contributed by atoms with van der Waals surface area (Å²) < 4.78 is 18.4. The van der Waals surface area contributed by atoms with E-state index >= 15 is 0 Å². The van der Waals surface area contributed by atoms with E-state index in [0.717, 1.165) is 0 Å². The number of benzene rings is 2. The summed E-state index contributed by atoms with van der Waals surface area (Å²) in [6.45, 7) is -0.350. The molecule has 0 aliphatic heterocycles. The van der Waals surface area contributed by atoms with Gasteiger partial charge < -0.3 is 15.4 Å². The summed E-state index contributed by atoms with van der Waals surface area (Å²) in [5, 5.41) is 10.6. The van der Waals surface area contributed by atoms with E-state index in [1.165, 1.54) is 53.4 Å². The van der Waals surface area contributed by atoms with Crippen LogP contribution in [-0.4, -0.2) is 29.9 Å². The average molecular weight is 361 g/mol. The predicted octanol–water partition coefficient (Wildman–Crippen LogP) is 2.02. The van der Waals surface area contributed by atoms with Gasteiger partial charge in [0.2, 0.25) is 5.91 Å². The molecule has 136 valence electrons. The lowest BCUT2D eigenvalue weighted by molar-refractivity contribution is -0.384. The summed E-state index contributed by atoms with van der Waals surface area (Å²) in [6.07, 6.45) is -0.0688. The molecule has 9 heteroatoms. The number of hydrogen-bond donors (Lipinski definition) is 1. The first-order chi connectivity index (χ1) is 12.4. The number of ether oxygens (including phenoxy) is 1. The Morgan fingerprint density at radius 2 is 1.73 bits per heavy atom. The third-order valence-corrected chi connectivity index (χ3v) is 3.43. The number of anilines is 1. The number of nitrogens with two attached hydrogens (primary N) is 1. The molecule has 0 bridgehead atoms. The minimum Gasteiger partial charge on any atom is -0.484 e. The van der Waals surface area contributed by atoms with Gasteiger partial charge >= 0.3 is 0 Å². The second-order valence-electron chi connectivity index (χ2n) is 5.28. The van der Waals surface area contributed by atoms with Crippen LogP contribution in [-0.2, 0) is 9.59 Å². The van der Waals surface area contributed by atoms with Crippen molar-refractivity contribution < 1.29 is 23.6 Å². The average Bonchev–Trinajstić information content (AvgIpc) is 2.61. The Morgan fingerprint density at radius 1 is 1.12 bits per heavy atom. The van der Waals surface area contributed by atoms with Crippen LogP contribution in [0.4, 0.5) is 15.8 Å². The summed E-state index contributed by atoms with van der Waals surface area (Å²) >= 11 is 0. The molecular formula is C17H16FN3O5. The Bertz CT molecular complexity index is 793. The highest BCUT2D eigenvalue weighted by molar-refractivity contribution is 5.95. The van der Waals surface area contributed by atoms with Gasteiger partial charge in [-0.05, 0) is 36.4 Å². The van der Waals surface area contributed by atoms with Gasteiger partial charge in [0.1, 0.15) is 11.6 Å². The third kappa shape index (κ3) is 5.26. The monoisotopic (exact) mass is 361 g/mol. The maximum absolute atomic E-state index is 13.1. The minimum absolute atomic E-state index is 0.0173. The van der Waals surface area contributed by atoms with Crippen LogP contribution in [0.15, 0.2) is 48.5 Å². The van der Waals surface area contributed by atoms with Crippen molar-refractivity contribution in [2.45, 2.75) is 6.42 Å². The second-order valence-corrected chi connectivity index (χ2v) is 5.28. The van der Waals surface area contributed by atoms with Crippen LogP contribution in [0.2, 0.25) is 0 Å². The molecule has 2 N–H and O–H groups in total. The topological polar surface area (TPSA) is 116 Å². The quantitative estimate of drug-likeness (QED) is 0.570. The largest absolute Gasteiger partial charge is 0.484 e. The fraction of sp³-hybridized carbons (Fsp3) is 0.176. The zero-order valence-electron chi connectivity index (χ0n) is 13.6. The van der Waals surface area contributed by atoms with Gasteiger partial charge in [0.25, 0.3) is 11.6 Å². The Labute approximate surface area is 148 Å². The van der Waals surface area contributed by atoms with E-state index in [2.05, 4.69) is 0 Å². The molecule has 0 aliphatic carbocycles. The standard InChI is InChI=1S/C17H16FN3O5/c18-12-1-3-13(4-2-12)20(10-9-16(19)22)17(23)11-26-15-7-5-14(6-8-15)21(24)25/h1-8H,9-11H2,(H2,19,22). The number of non-ortho nitro benzene ring substituents is 1. The van der Waals surface area contributed by atoms with E-state index in [9.17, 15) is 24.1 Å². The van der Waals surface area contributed by atoms with Crippen LogP contribution in [0.1, 0.15) is 6.42 Å². The Kier molecular flexibility index (Phi) is 6.20. The zero-order valence-corrected chi connectivity index (χ0v) is 13.6. The van der Waals surface area contributed by atoms with Crippen molar-refractivity contribution in [3.05, 3.63) is 64.5 Å². The molecular weight excluding hydrogens is 345 g/mol. The van der Waals surface area contributed by atoms with Crippen LogP contribution in [0, 0.1) is 15.9 Å². The van der Waals surface area contributed by atoms with E-state index in [0.29, 0.717) is 5.69 Å². The van der Waals surface area contributed by atoms with Crippen molar-refractivity contribution in [2.75, 3.05) is 18.1 Å². The number of carbonyl (C=O) groups excluding carboxylic acids is 2. The predicted molar refractivity (Wildman–Crippen MR) is 91.2 cm³/mol. The van der Waals surface area contributed by atoms with Crippen molar-refractivity contribution in [2.24, 2.45) is 5.73 Å². The van der Waals surface area contributed by atoms with E-state index < -0.39 is 22.6 Å². The molecule has 2 aromatic rings. The molecule has 0 aliphatic rings. The SMILES string of the molecule is NC(=O)CCN(C(=O)COc1ccc([N+](=O)[O-])cc1)c1ccc(F)cc1. The highest BCUT2D eigenvalue weighted by Gasteiger charge is 2.17. The van der Waals surface area contributed by atoms with Crippen LogP contribution in [0.25, 0.3) is 0 Å². The number of halogens is 1. The van der Waals surface area contributed by atoms with Crippen molar-refractivity contribution in [1.29, 1.82) is 0 Å². The van der Waals surface area contributed by atoms with Crippen molar-refractivity contribution in [3.63, 3.8) is 0 Å². The van der Waals surface area contributed by atoms with E-state index in [1.807, 2.05) is 0 Å². The van der Waals surface area contributed by atoms with E-state index in [1.54, 1.807) is 0 Å². The summed E-state index contributed by atoms with van der Waals surface area (Å²) in [5.41, 5.74) is 5.42. The van der Waals surface area contributed by atoms with Gasteiger partial charge in [0.05, 0.1) is 4.92 Å². The second kappa shape index (κ2) is 8.56. The Balaban J connectivity index is 2.06. The lowest BCUT2D eigenvalue weighted by atomic mass is 10.2. The fourth-order valence-electron chi connectivity index (χ4n) is 2.13. The molecule has 0 fully saturated rings. The Morgan fingerprint density at radius 3 is 2.27 bits per heavy atom. The zero-order chi connectivity index (χ0) is 19.1. The highest BCUT2D eigenvalue weighted by Crippen LogP contribution is 2.19. The summed E-state index contributed by atoms with van der Waals surface area (Å²) in [7, 11) is 0. The summed E-state index contributed by atoms with van der Waals surface area (Å²) in [6, 6.07) is 10.4. The first-order valence-corrected chi connectivity index (χ1v) is 7.58. The number of primary amides is 1. The minimum atomic E-state index is -0.582. The van der Waals surface area contributed by atoms with Crippen LogP contribution in [0.5, 0.6) is 5.75 Å². The number of rotatable bonds is 8. The molecule has 0 saturated heterocycles. The summed E-state index contributed by atoms with van der Waals surface area (Å²) in [5.74, 6) is -1.24. The third-order valence-electron chi connectivity index (χ3n) is 3.43. The number of nitro benzene ring substituents is 1. The number of carbonyl (C=O) groups is 2. The molecule has 0 radical (unpaired) electrons. The molecule has 0 aromatic heterocycles. The molecule has 26 heavy (non-hydrogen) atoms. The van der Waals surface area contributed by atoms with Gasteiger partial charge in [-0.1, -0.05) is 0 Å². The van der Waals surface area contributed by atoms with Crippen molar-refractivity contribution in [3.8, 4) is 5.75 Å². The lowest BCUT2D eigenvalue weighted by Crippen LogP contribution is -2.37. The maximum atomic E-state index is 13.1. The molecule has 0 unspecified atom stereocenters. The fourth-order valence-corrected chi connectivity index (χ4v) is 2.13. The van der Waals surface area contributed by atoms with Gasteiger partial charge in [-0.2, -0.15) is 0 Å². The first-order valence-electron chi connectivity index (χ1n) is 7.58. The van der Waals surface area contributed by atoms with E-state index in [-0.39, 0.29) is 31.0 Å². The number of nitrogens with zero attached hydrogens (tertiary/aromatic N) is 2. The first kappa shape index (κ1) is 18.8. The van der Waals surface area contributed by atoms with Crippen LogP contribution >= 0.6 is 0 Å². The summed E-state index contributed by atoms with van der Waals surface area (Å²) in [4.78, 5) is 34.8. The van der Waals surface area contributed by atoms with Crippen LogP contribution in [0.3, 0.4) is 0 Å². The van der Waals surface area contributed by atoms with Crippen LogP contribution < -0.4 is 15.4 Å². The van der Waals surface area contributed by atoms with Crippen molar-refractivity contribution >= 4 is 23.2 Å². The van der Waals surface area contributed by atoms with Gasteiger partial charge in [-0.25, -0.2) is 4.39 Å². The molecule has 0 spiro atoms. The molecule has 0 heterocycles. The number of hydrogen-bond acceptors (Lipinski definition) is 5. The van der Waals surface area contributed by atoms with E-state index in [4.69, 9.17) is 10.5 Å². The lowest BCUT2D eigenvalue weighted by Gasteiger charge is -2.22. The molecule has 0 saturated carbocycles. The molecule has 8 nitrogen and oxygen atoms in total. The van der Waals surface area contributed by atoms with Gasteiger partial charge in [0.15, 0.2) is 6.61 Å². The molecule has 2 amide bonds. The molecule has 2 rings (SSSR count). The van der Waals surface area contributed by atoms with Crippen molar-refractivity contribution in [1.82, 2.24) is 0 Å². The number of nitro groups is 1. The maximum Gasteiger partial charge on any atom is 0.269 e. The normalized spacial score (nSPS) is 10.2.